The molecular weight excluding hydrogens is 751 g/mol. The maximum Gasteiger partial charge on any atom is 0.472 e. The van der Waals surface area contributed by atoms with Gasteiger partial charge in [0.2, 0.25) is 0 Å². The quantitative estimate of drug-likeness (QED) is 0.0130. The van der Waals surface area contributed by atoms with Crippen LogP contribution in [-0.2, 0) is 32.7 Å². The Morgan fingerprint density at radius 1 is 0.596 bits per heavy atom. The molecule has 330 valence electrons. The van der Waals surface area contributed by atoms with Crippen LogP contribution in [0, 0.1) is 0 Å². The lowest BCUT2D eigenvalue weighted by Gasteiger charge is -2.20. The number of phosphoric acid groups is 1. The molecule has 57 heavy (non-hydrogen) atoms. The summed E-state index contributed by atoms with van der Waals surface area (Å²) in [6, 6.07) is 0. The number of aliphatic hydroxyl groups excluding tert-OH is 4. The van der Waals surface area contributed by atoms with E-state index in [0.29, 0.717) is 25.7 Å². The molecule has 12 nitrogen and oxygen atoms in total. The smallest absolute Gasteiger partial charge is 0.462 e. The van der Waals surface area contributed by atoms with Crippen molar-refractivity contribution < 1.29 is 58.0 Å². The highest BCUT2D eigenvalue weighted by molar-refractivity contribution is 7.47. The summed E-state index contributed by atoms with van der Waals surface area (Å²) in [6.45, 7) is 2.01. The maximum absolute atomic E-state index is 12.6. The second-order valence-corrected chi connectivity index (χ2v) is 15.9. The summed E-state index contributed by atoms with van der Waals surface area (Å²) in [5.74, 6) is -1.17. The lowest BCUT2D eigenvalue weighted by Crippen LogP contribution is -2.30. The summed E-state index contributed by atoms with van der Waals surface area (Å²) in [4.78, 5) is 35.0. The Morgan fingerprint density at radius 2 is 1.11 bits per heavy atom. The molecule has 0 saturated heterocycles. The Labute approximate surface area is 343 Å². The fourth-order valence-electron chi connectivity index (χ4n) is 5.42. The van der Waals surface area contributed by atoms with Gasteiger partial charge in [0.15, 0.2) is 6.10 Å². The molecule has 5 N–H and O–H groups in total. The first kappa shape index (κ1) is 54.6. The Hall–Kier alpha value is -2.41. The second-order valence-electron chi connectivity index (χ2n) is 14.4. The van der Waals surface area contributed by atoms with Crippen molar-refractivity contribution in [2.75, 3.05) is 26.4 Å². The number of carbonyl (C=O) groups is 2. The highest BCUT2D eigenvalue weighted by Crippen LogP contribution is 2.43. The normalized spacial score (nSPS) is 15.6. The Bertz CT molecular complexity index is 1170. The zero-order valence-electron chi connectivity index (χ0n) is 35.0. The van der Waals surface area contributed by atoms with Crippen LogP contribution in [0.3, 0.4) is 0 Å². The molecule has 0 amide bonds. The van der Waals surface area contributed by atoms with Gasteiger partial charge in [-0.3, -0.25) is 18.6 Å². The molecule has 0 rings (SSSR count). The van der Waals surface area contributed by atoms with Crippen LogP contribution in [0.2, 0.25) is 0 Å². The molecule has 0 spiro atoms. The van der Waals surface area contributed by atoms with Crippen LogP contribution in [0.15, 0.2) is 60.8 Å². The molecular formula is C44H77O12P. The number of phosphoric ester groups is 1. The summed E-state index contributed by atoms with van der Waals surface area (Å²) in [7, 11) is -4.68. The van der Waals surface area contributed by atoms with E-state index in [1.807, 2.05) is 6.08 Å². The van der Waals surface area contributed by atoms with Crippen LogP contribution >= 0.6 is 7.82 Å². The number of hydrogen-bond acceptors (Lipinski definition) is 11. The SMILES string of the molecule is CCCCC/C=C\C[C@@H](O)/C=C/C=C/C=C\[C@@H](O)CCCC(=O)OC[C@H](COP(=O)(O)OC[C@@H](O)CO)OC(=O)CCCCCCCCC/C=C\CCCCCC. The van der Waals surface area contributed by atoms with Gasteiger partial charge < -0.3 is 34.8 Å². The number of ether oxygens (including phenoxy) is 2. The van der Waals surface area contributed by atoms with Crippen LogP contribution in [0.4, 0.5) is 0 Å². The van der Waals surface area contributed by atoms with Crippen molar-refractivity contribution in [1.82, 2.24) is 0 Å². The van der Waals surface area contributed by atoms with E-state index in [-0.39, 0.29) is 12.8 Å². The van der Waals surface area contributed by atoms with E-state index < -0.39 is 70.6 Å². The first-order chi connectivity index (χ1) is 27.5. The molecule has 1 unspecified atom stereocenters. The zero-order valence-corrected chi connectivity index (χ0v) is 35.9. The minimum atomic E-state index is -4.68. The fraction of sp³-hybridized carbons (Fsp3) is 0.727. The van der Waals surface area contributed by atoms with E-state index in [9.17, 15) is 34.4 Å². The fourth-order valence-corrected chi connectivity index (χ4v) is 6.21. The highest BCUT2D eigenvalue weighted by Gasteiger charge is 2.27. The molecule has 0 aromatic carbocycles. The number of hydrogen-bond donors (Lipinski definition) is 5. The van der Waals surface area contributed by atoms with Crippen molar-refractivity contribution in [3.63, 3.8) is 0 Å². The first-order valence-electron chi connectivity index (χ1n) is 21.5. The van der Waals surface area contributed by atoms with Gasteiger partial charge in [0.25, 0.3) is 0 Å². The lowest BCUT2D eigenvalue weighted by atomic mass is 10.1. The summed E-state index contributed by atoms with van der Waals surface area (Å²) >= 11 is 0. The molecule has 0 aliphatic carbocycles. The summed E-state index contributed by atoms with van der Waals surface area (Å²) in [6.07, 6.45) is 35.3. The third kappa shape index (κ3) is 38.9. The zero-order chi connectivity index (χ0) is 42.2. The van der Waals surface area contributed by atoms with Gasteiger partial charge in [0.1, 0.15) is 12.7 Å². The number of allylic oxidation sites excluding steroid dienone is 7. The van der Waals surface area contributed by atoms with E-state index in [1.54, 1.807) is 36.5 Å². The second kappa shape index (κ2) is 39.1. The molecule has 0 saturated carbocycles. The van der Waals surface area contributed by atoms with Crippen LogP contribution in [-0.4, -0.2) is 88.1 Å². The Balaban J connectivity index is 4.58. The summed E-state index contributed by atoms with van der Waals surface area (Å²) in [5, 5.41) is 38.6. The van der Waals surface area contributed by atoms with Crippen LogP contribution < -0.4 is 0 Å². The van der Waals surface area contributed by atoms with E-state index in [2.05, 4.69) is 36.6 Å². The molecule has 0 heterocycles. The molecule has 0 aliphatic heterocycles. The van der Waals surface area contributed by atoms with Gasteiger partial charge in [0, 0.05) is 12.8 Å². The van der Waals surface area contributed by atoms with E-state index in [1.165, 1.54) is 57.8 Å². The average Bonchev–Trinajstić information content (AvgIpc) is 3.19. The molecule has 0 aromatic heterocycles. The van der Waals surface area contributed by atoms with Gasteiger partial charge >= 0.3 is 19.8 Å². The first-order valence-corrected chi connectivity index (χ1v) is 23.0. The third-order valence-corrected chi connectivity index (χ3v) is 9.79. The molecule has 0 aromatic rings. The third-order valence-electron chi connectivity index (χ3n) is 8.83. The van der Waals surface area contributed by atoms with Gasteiger partial charge in [-0.1, -0.05) is 139 Å². The lowest BCUT2D eigenvalue weighted by molar-refractivity contribution is -0.161. The van der Waals surface area contributed by atoms with E-state index in [4.69, 9.17) is 19.1 Å². The largest absolute Gasteiger partial charge is 0.472 e. The molecule has 5 atom stereocenters. The molecule has 13 heteroatoms. The number of rotatable bonds is 39. The minimum Gasteiger partial charge on any atom is -0.462 e. The summed E-state index contributed by atoms with van der Waals surface area (Å²) < 4.78 is 32.5. The number of aliphatic hydroxyl groups is 4. The monoisotopic (exact) mass is 829 g/mol. The molecule has 0 radical (unpaired) electrons. The van der Waals surface area contributed by atoms with Crippen molar-refractivity contribution in [1.29, 1.82) is 0 Å². The minimum absolute atomic E-state index is 0.0214. The van der Waals surface area contributed by atoms with Crippen molar-refractivity contribution in [2.45, 2.75) is 180 Å². The van der Waals surface area contributed by atoms with Crippen LogP contribution in [0.1, 0.15) is 155 Å². The van der Waals surface area contributed by atoms with Crippen LogP contribution in [0.5, 0.6) is 0 Å². The van der Waals surface area contributed by atoms with Gasteiger partial charge in [-0.2, -0.15) is 0 Å². The van der Waals surface area contributed by atoms with Gasteiger partial charge in [0.05, 0.1) is 32.0 Å². The number of esters is 2. The Morgan fingerprint density at radius 3 is 1.74 bits per heavy atom. The van der Waals surface area contributed by atoms with Crippen molar-refractivity contribution >= 4 is 19.8 Å². The standard InChI is InChI=1S/C44H77O12P/c1-3-5-7-9-11-12-13-14-15-16-17-18-19-21-27-33-44(50)56-42(38-55-57(51,52)54-36-41(48)35-45)37-53-43(49)34-28-32-40(47)31-26-23-22-25-30-39(46)29-24-20-10-8-6-4-2/h12-13,20,22-26,30-31,39-42,45-48H,3-11,14-19,21,27-29,32-38H2,1-2H3,(H,51,52)/b13-12-,23-22+,24-20-,30-25+,31-26-/t39-,40-,41+,42-/m1/s1. The highest BCUT2D eigenvalue weighted by atomic mass is 31.2. The van der Waals surface area contributed by atoms with Crippen molar-refractivity contribution in [3.05, 3.63) is 60.8 Å². The predicted octanol–water partition coefficient (Wildman–Crippen LogP) is 9.05. The van der Waals surface area contributed by atoms with E-state index in [0.717, 1.165) is 44.9 Å². The number of unbranched alkanes of at least 4 members (excludes halogenated alkanes) is 14. The average molecular weight is 829 g/mol. The predicted molar refractivity (Wildman–Crippen MR) is 226 cm³/mol. The summed E-state index contributed by atoms with van der Waals surface area (Å²) in [5.41, 5.74) is 0. The van der Waals surface area contributed by atoms with Gasteiger partial charge in [-0.05, 0) is 64.2 Å². The Kier molecular flexibility index (Phi) is 37.4. The molecule has 0 aliphatic rings. The van der Waals surface area contributed by atoms with Crippen molar-refractivity contribution in [2.24, 2.45) is 0 Å². The van der Waals surface area contributed by atoms with Gasteiger partial charge in [-0.25, -0.2) is 4.57 Å². The van der Waals surface area contributed by atoms with Crippen LogP contribution in [0.25, 0.3) is 0 Å². The number of carbonyl (C=O) groups excluding carboxylic acids is 2. The maximum atomic E-state index is 12.6. The van der Waals surface area contributed by atoms with Gasteiger partial charge in [-0.15, -0.1) is 0 Å². The van der Waals surface area contributed by atoms with Crippen molar-refractivity contribution in [3.8, 4) is 0 Å². The molecule has 0 fully saturated rings. The van der Waals surface area contributed by atoms with E-state index >= 15 is 0 Å². The molecule has 0 bridgehead atoms. The topological polar surface area (TPSA) is 189 Å².